The number of hydrogen-bond acceptors (Lipinski definition) is 6. The van der Waals surface area contributed by atoms with Crippen LogP contribution in [0.15, 0.2) is 36.8 Å². The molecular weight excluding hydrogens is 327 g/mol. The molecule has 7 nitrogen and oxygen atoms in total. The van der Waals surface area contributed by atoms with Crippen LogP contribution in [-0.2, 0) is 11.3 Å². The van der Waals surface area contributed by atoms with E-state index in [0.717, 1.165) is 30.3 Å². The molecule has 0 saturated carbocycles. The first-order chi connectivity index (χ1) is 12.6. The van der Waals surface area contributed by atoms with Crippen molar-refractivity contribution in [1.29, 1.82) is 0 Å². The zero-order valence-electron chi connectivity index (χ0n) is 15.0. The molecule has 26 heavy (non-hydrogen) atoms. The zero-order chi connectivity index (χ0) is 18.1. The molecule has 1 aliphatic heterocycles. The molecule has 0 bridgehead atoms. The minimum atomic E-state index is 0.158. The summed E-state index contributed by atoms with van der Waals surface area (Å²) in [6, 6.07) is 5.97. The van der Waals surface area contributed by atoms with E-state index in [1.807, 2.05) is 24.4 Å². The normalized spacial score (nSPS) is 20.5. The summed E-state index contributed by atoms with van der Waals surface area (Å²) in [5, 5.41) is 7.78. The first-order valence-electron chi connectivity index (χ1n) is 8.77. The Hall–Kier alpha value is -2.61. The van der Waals surface area contributed by atoms with Gasteiger partial charge in [0.15, 0.2) is 5.65 Å². The first kappa shape index (κ1) is 16.8. The summed E-state index contributed by atoms with van der Waals surface area (Å²) in [4.78, 5) is 11.1. The van der Waals surface area contributed by atoms with E-state index in [9.17, 15) is 0 Å². The van der Waals surface area contributed by atoms with Gasteiger partial charge in [0, 0.05) is 44.3 Å². The molecule has 1 N–H and O–H groups in total. The second kappa shape index (κ2) is 6.95. The summed E-state index contributed by atoms with van der Waals surface area (Å²) in [5.41, 5.74) is 2.31. The summed E-state index contributed by atoms with van der Waals surface area (Å²) in [6.45, 7) is 6.39. The van der Waals surface area contributed by atoms with Gasteiger partial charge < -0.3 is 15.0 Å². The fraction of sp³-hybridized carbons (Fsp3) is 0.389. The summed E-state index contributed by atoms with van der Waals surface area (Å²) in [7, 11) is 6.08. The predicted molar refractivity (Wildman–Crippen MR) is 102 cm³/mol. The van der Waals surface area contributed by atoms with Gasteiger partial charge in [-0.05, 0) is 30.9 Å². The summed E-state index contributed by atoms with van der Waals surface area (Å²) in [5.74, 6) is 1.72. The van der Waals surface area contributed by atoms with Crippen LogP contribution in [0.2, 0.25) is 0 Å². The van der Waals surface area contributed by atoms with E-state index in [0.29, 0.717) is 17.7 Å². The zero-order valence-corrected chi connectivity index (χ0v) is 15.0. The number of pyridine rings is 1. The molecule has 8 heteroatoms. The Labute approximate surface area is 153 Å². The molecule has 0 spiro atoms. The number of aromatic nitrogens is 4. The molecule has 3 aromatic rings. The van der Waals surface area contributed by atoms with Crippen LogP contribution in [-0.4, -0.2) is 52.7 Å². The number of fused-ring (bicyclic) bond motifs is 1. The third kappa shape index (κ3) is 3.37. The topological polar surface area (TPSA) is 67.6 Å². The lowest BCUT2D eigenvalue weighted by molar-refractivity contribution is -0.00544. The van der Waals surface area contributed by atoms with E-state index in [1.165, 1.54) is 0 Å². The minimum absolute atomic E-state index is 0.158. The fourth-order valence-corrected chi connectivity index (χ4v) is 3.32. The number of hydrogen-bond donors (Lipinski definition) is 1. The number of ether oxygens (including phenoxy) is 1. The SMILES string of the molecule is [B]c1cnn2c(NCc3cccnc3)cc(N3CC(C)OC(C)C3)nc12. The lowest BCUT2D eigenvalue weighted by atomic mass is 10.0. The second-order valence-corrected chi connectivity index (χ2v) is 6.71. The van der Waals surface area contributed by atoms with Crippen molar-refractivity contribution in [3.8, 4) is 0 Å². The Balaban J connectivity index is 1.67. The highest BCUT2D eigenvalue weighted by atomic mass is 16.5. The molecule has 2 radical (unpaired) electrons. The highest BCUT2D eigenvalue weighted by Crippen LogP contribution is 2.23. The van der Waals surface area contributed by atoms with E-state index < -0.39 is 0 Å². The number of rotatable bonds is 4. The molecule has 1 saturated heterocycles. The Morgan fingerprint density at radius 3 is 2.81 bits per heavy atom. The molecule has 1 aliphatic rings. The van der Waals surface area contributed by atoms with E-state index in [4.69, 9.17) is 17.6 Å². The lowest BCUT2D eigenvalue weighted by Crippen LogP contribution is -2.46. The van der Waals surface area contributed by atoms with Gasteiger partial charge >= 0.3 is 0 Å². The number of nitrogens with one attached hydrogen (secondary N) is 1. The maximum absolute atomic E-state index is 6.08. The van der Waals surface area contributed by atoms with E-state index in [-0.39, 0.29) is 12.2 Å². The maximum atomic E-state index is 6.08. The van der Waals surface area contributed by atoms with Gasteiger partial charge in [0.1, 0.15) is 19.5 Å². The maximum Gasteiger partial charge on any atom is 0.152 e. The Kier molecular flexibility index (Phi) is 4.50. The van der Waals surface area contributed by atoms with Crippen LogP contribution in [0.3, 0.4) is 0 Å². The predicted octanol–water partition coefficient (Wildman–Crippen LogP) is 1.14. The molecule has 0 aromatic carbocycles. The van der Waals surface area contributed by atoms with Crippen LogP contribution < -0.4 is 15.7 Å². The summed E-state index contributed by atoms with van der Waals surface area (Å²) >= 11 is 0. The molecule has 1 fully saturated rings. The largest absolute Gasteiger partial charge is 0.372 e. The quantitative estimate of drug-likeness (QED) is 0.714. The molecule has 0 aliphatic carbocycles. The van der Waals surface area contributed by atoms with E-state index in [2.05, 4.69) is 34.1 Å². The van der Waals surface area contributed by atoms with Gasteiger partial charge in [-0.3, -0.25) is 4.98 Å². The number of anilines is 2. The lowest BCUT2D eigenvalue weighted by Gasteiger charge is -2.36. The Morgan fingerprint density at radius 1 is 1.27 bits per heavy atom. The van der Waals surface area contributed by atoms with Gasteiger partial charge in [-0.1, -0.05) is 6.07 Å². The Morgan fingerprint density at radius 2 is 2.08 bits per heavy atom. The molecule has 2 atom stereocenters. The summed E-state index contributed by atoms with van der Waals surface area (Å²) in [6.07, 6.45) is 5.55. The van der Waals surface area contributed by atoms with Gasteiger partial charge in [-0.15, -0.1) is 0 Å². The van der Waals surface area contributed by atoms with Crippen molar-refractivity contribution in [2.24, 2.45) is 0 Å². The van der Waals surface area contributed by atoms with Gasteiger partial charge in [-0.2, -0.15) is 9.61 Å². The molecule has 4 heterocycles. The smallest absolute Gasteiger partial charge is 0.152 e. The third-order valence-corrected chi connectivity index (χ3v) is 4.43. The highest BCUT2D eigenvalue weighted by Gasteiger charge is 2.24. The molecule has 2 unspecified atom stereocenters. The van der Waals surface area contributed by atoms with Crippen LogP contribution >= 0.6 is 0 Å². The Bertz CT molecular complexity index is 889. The fourth-order valence-electron chi connectivity index (χ4n) is 3.32. The third-order valence-electron chi connectivity index (χ3n) is 4.43. The standard InChI is InChI=1S/C18H21BN6O/c1-12-10-24(11-13(2)26-12)17-6-16(21-8-14-4-3-5-20-7-14)25-18(23-17)15(19)9-22-25/h3-7,9,12-13,21H,8,10-11H2,1-2H3. The number of morpholine rings is 1. The van der Waals surface area contributed by atoms with Crippen molar-refractivity contribution in [2.75, 3.05) is 23.3 Å². The van der Waals surface area contributed by atoms with Crippen molar-refractivity contribution in [3.05, 3.63) is 42.4 Å². The average molecular weight is 348 g/mol. The average Bonchev–Trinajstić information content (AvgIpc) is 3.01. The van der Waals surface area contributed by atoms with Gasteiger partial charge in [0.25, 0.3) is 0 Å². The van der Waals surface area contributed by atoms with E-state index >= 15 is 0 Å². The molecule has 4 rings (SSSR count). The van der Waals surface area contributed by atoms with Gasteiger partial charge in [-0.25, -0.2) is 4.98 Å². The molecule has 3 aromatic heterocycles. The van der Waals surface area contributed by atoms with Gasteiger partial charge in [0.2, 0.25) is 0 Å². The molecular formula is C18H21BN6O. The van der Waals surface area contributed by atoms with Crippen molar-refractivity contribution >= 4 is 30.6 Å². The first-order valence-corrected chi connectivity index (χ1v) is 8.77. The second-order valence-electron chi connectivity index (χ2n) is 6.71. The van der Waals surface area contributed by atoms with Crippen LogP contribution in [0.25, 0.3) is 5.65 Å². The molecule has 0 amide bonds. The van der Waals surface area contributed by atoms with Crippen molar-refractivity contribution in [3.63, 3.8) is 0 Å². The van der Waals surface area contributed by atoms with Crippen LogP contribution in [0, 0.1) is 0 Å². The van der Waals surface area contributed by atoms with Crippen LogP contribution in [0.5, 0.6) is 0 Å². The molecule has 132 valence electrons. The van der Waals surface area contributed by atoms with Crippen molar-refractivity contribution in [2.45, 2.75) is 32.6 Å². The van der Waals surface area contributed by atoms with Crippen molar-refractivity contribution < 1.29 is 4.74 Å². The highest BCUT2D eigenvalue weighted by molar-refractivity contribution is 6.36. The summed E-state index contributed by atoms with van der Waals surface area (Å²) < 4.78 is 7.57. The minimum Gasteiger partial charge on any atom is -0.372 e. The van der Waals surface area contributed by atoms with Crippen molar-refractivity contribution in [1.82, 2.24) is 19.6 Å². The monoisotopic (exact) mass is 348 g/mol. The van der Waals surface area contributed by atoms with E-state index in [1.54, 1.807) is 16.9 Å². The number of nitrogens with zero attached hydrogens (tertiary/aromatic N) is 5. The van der Waals surface area contributed by atoms with Crippen LogP contribution in [0.1, 0.15) is 19.4 Å². The van der Waals surface area contributed by atoms with Crippen LogP contribution in [0.4, 0.5) is 11.6 Å². The van der Waals surface area contributed by atoms with Gasteiger partial charge in [0.05, 0.1) is 12.2 Å².